The Kier molecular flexibility index (Phi) is 4.63. The summed E-state index contributed by atoms with van der Waals surface area (Å²) in [4.78, 5) is 12.4. The molecule has 0 aliphatic carbocycles. The fourth-order valence-electron chi connectivity index (χ4n) is 1.85. The van der Waals surface area contributed by atoms with Crippen molar-refractivity contribution in [3.63, 3.8) is 0 Å². The Hall–Kier alpha value is -0.870. The van der Waals surface area contributed by atoms with Crippen LogP contribution in [0, 0.1) is 3.57 Å². The van der Waals surface area contributed by atoms with E-state index in [1.165, 1.54) is 5.56 Å². The van der Waals surface area contributed by atoms with Crippen molar-refractivity contribution < 1.29 is 4.79 Å². The molecule has 0 aliphatic heterocycles. The molecule has 0 bridgehead atoms. The van der Waals surface area contributed by atoms with Crippen LogP contribution in [0.1, 0.15) is 41.3 Å². The molecule has 2 aromatic carbocycles. The highest BCUT2D eigenvalue weighted by molar-refractivity contribution is 14.1. The van der Waals surface area contributed by atoms with Crippen LogP contribution in [0.5, 0.6) is 0 Å². The van der Waals surface area contributed by atoms with Crippen LogP contribution in [0.25, 0.3) is 0 Å². The van der Waals surface area contributed by atoms with E-state index in [2.05, 4.69) is 36.4 Å². The number of ketones is 1. The number of carbonyl (C=O) groups is 1. The van der Waals surface area contributed by atoms with E-state index in [1.807, 2.05) is 30.3 Å². The molecule has 1 nitrogen and oxygen atoms in total. The van der Waals surface area contributed by atoms with Crippen molar-refractivity contribution in [2.45, 2.75) is 19.8 Å². The van der Waals surface area contributed by atoms with Gasteiger partial charge in [0.1, 0.15) is 0 Å². The van der Waals surface area contributed by atoms with E-state index < -0.39 is 0 Å². The molecule has 2 aromatic rings. The van der Waals surface area contributed by atoms with E-state index in [1.54, 1.807) is 12.1 Å². The third kappa shape index (κ3) is 3.37. The Morgan fingerprint density at radius 1 is 1.11 bits per heavy atom. The van der Waals surface area contributed by atoms with Gasteiger partial charge in [-0.1, -0.05) is 49.7 Å². The zero-order valence-corrected chi connectivity index (χ0v) is 13.7. The summed E-state index contributed by atoms with van der Waals surface area (Å²) in [7, 11) is 0. The summed E-state index contributed by atoms with van der Waals surface area (Å²) in [5.74, 6) is 0.484. The number of halogens is 2. The van der Waals surface area contributed by atoms with Gasteiger partial charge in [-0.3, -0.25) is 4.79 Å². The molecule has 0 aliphatic rings. The van der Waals surface area contributed by atoms with Crippen LogP contribution >= 0.6 is 34.2 Å². The fourth-order valence-corrected chi connectivity index (χ4v) is 2.60. The van der Waals surface area contributed by atoms with Crippen LogP contribution in [0.2, 0.25) is 5.02 Å². The minimum absolute atomic E-state index is 0.0159. The molecule has 0 radical (unpaired) electrons. The van der Waals surface area contributed by atoms with Gasteiger partial charge in [0, 0.05) is 19.7 Å². The molecule has 0 aromatic heterocycles. The van der Waals surface area contributed by atoms with Gasteiger partial charge in [0.05, 0.1) is 0 Å². The Labute approximate surface area is 132 Å². The molecular formula is C16H14ClIO. The summed E-state index contributed by atoms with van der Waals surface area (Å²) in [5.41, 5.74) is 2.59. The number of carbonyl (C=O) groups excluding carboxylic acids is 1. The second-order valence-electron chi connectivity index (χ2n) is 4.73. The normalized spacial score (nSPS) is 10.8. The van der Waals surface area contributed by atoms with Crippen LogP contribution in [0.4, 0.5) is 0 Å². The average molecular weight is 385 g/mol. The number of benzene rings is 2. The molecule has 0 heterocycles. The van der Waals surface area contributed by atoms with Crippen LogP contribution in [-0.4, -0.2) is 5.78 Å². The minimum atomic E-state index is 0.0159. The SMILES string of the molecule is CC(C)c1ccc(C(=O)c2cc(Cl)ccc2I)cc1. The van der Waals surface area contributed by atoms with Gasteiger partial charge < -0.3 is 0 Å². The number of hydrogen-bond donors (Lipinski definition) is 0. The quantitative estimate of drug-likeness (QED) is 0.518. The summed E-state index contributed by atoms with van der Waals surface area (Å²) in [5, 5.41) is 0.586. The van der Waals surface area contributed by atoms with Crippen LogP contribution in [-0.2, 0) is 0 Å². The molecule has 0 saturated heterocycles. The maximum atomic E-state index is 12.4. The first-order chi connectivity index (χ1) is 8.99. The van der Waals surface area contributed by atoms with E-state index >= 15 is 0 Å². The van der Waals surface area contributed by atoms with Crippen molar-refractivity contribution in [3.8, 4) is 0 Å². The Morgan fingerprint density at radius 3 is 2.32 bits per heavy atom. The van der Waals surface area contributed by atoms with Crippen LogP contribution < -0.4 is 0 Å². The number of rotatable bonds is 3. The van der Waals surface area contributed by atoms with E-state index in [4.69, 9.17) is 11.6 Å². The lowest BCUT2D eigenvalue weighted by Crippen LogP contribution is -2.04. The van der Waals surface area contributed by atoms with Crippen molar-refractivity contribution in [2.75, 3.05) is 0 Å². The van der Waals surface area contributed by atoms with Gasteiger partial charge in [0.15, 0.2) is 5.78 Å². The standard InChI is InChI=1S/C16H14ClIO/c1-10(2)11-3-5-12(6-4-11)16(19)14-9-13(17)7-8-15(14)18/h3-10H,1-2H3. The Balaban J connectivity index is 2.36. The molecule has 0 unspecified atom stereocenters. The fraction of sp³-hybridized carbons (Fsp3) is 0.188. The second-order valence-corrected chi connectivity index (χ2v) is 6.33. The molecular weight excluding hydrogens is 371 g/mol. The maximum Gasteiger partial charge on any atom is 0.194 e. The van der Waals surface area contributed by atoms with Crippen molar-refractivity contribution in [1.82, 2.24) is 0 Å². The molecule has 2 rings (SSSR count). The van der Waals surface area contributed by atoms with Gasteiger partial charge in [0.2, 0.25) is 0 Å². The predicted molar refractivity (Wildman–Crippen MR) is 88.1 cm³/mol. The largest absolute Gasteiger partial charge is 0.289 e. The topological polar surface area (TPSA) is 17.1 Å². The Morgan fingerprint density at radius 2 is 1.74 bits per heavy atom. The van der Waals surface area contributed by atoms with Gasteiger partial charge in [0.25, 0.3) is 0 Å². The van der Waals surface area contributed by atoms with Crippen LogP contribution in [0.15, 0.2) is 42.5 Å². The van der Waals surface area contributed by atoms with Gasteiger partial charge in [-0.2, -0.15) is 0 Å². The molecule has 0 atom stereocenters. The third-order valence-corrected chi connectivity index (χ3v) is 4.19. The third-order valence-electron chi connectivity index (χ3n) is 3.01. The lowest BCUT2D eigenvalue weighted by Gasteiger charge is -2.08. The van der Waals surface area contributed by atoms with Crippen molar-refractivity contribution in [2.24, 2.45) is 0 Å². The van der Waals surface area contributed by atoms with Crippen molar-refractivity contribution >= 4 is 40.0 Å². The molecule has 19 heavy (non-hydrogen) atoms. The van der Waals surface area contributed by atoms with Crippen molar-refractivity contribution in [3.05, 3.63) is 67.7 Å². The summed E-state index contributed by atoms with van der Waals surface area (Å²) in [6.45, 7) is 4.27. The molecule has 0 spiro atoms. The first-order valence-electron chi connectivity index (χ1n) is 6.08. The zero-order chi connectivity index (χ0) is 14.0. The minimum Gasteiger partial charge on any atom is -0.289 e. The smallest absolute Gasteiger partial charge is 0.194 e. The monoisotopic (exact) mass is 384 g/mol. The zero-order valence-electron chi connectivity index (χ0n) is 10.8. The highest BCUT2D eigenvalue weighted by Gasteiger charge is 2.13. The van der Waals surface area contributed by atoms with E-state index in [0.29, 0.717) is 22.1 Å². The lowest BCUT2D eigenvalue weighted by atomic mass is 9.98. The highest BCUT2D eigenvalue weighted by atomic mass is 127. The summed E-state index contributed by atoms with van der Waals surface area (Å²) in [6.07, 6.45) is 0. The van der Waals surface area contributed by atoms with E-state index in [9.17, 15) is 4.79 Å². The summed E-state index contributed by atoms with van der Waals surface area (Å²) < 4.78 is 0.917. The van der Waals surface area contributed by atoms with Gasteiger partial charge in [-0.25, -0.2) is 0 Å². The Bertz CT molecular complexity index is 603. The summed E-state index contributed by atoms with van der Waals surface area (Å²) >= 11 is 8.12. The molecule has 0 N–H and O–H groups in total. The average Bonchev–Trinajstić information content (AvgIpc) is 2.41. The molecule has 0 saturated carbocycles. The molecule has 3 heteroatoms. The number of hydrogen-bond acceptors (Lipinski definition) is 1. The molecule has 98 valence electrons. The van der Waals surface area contributed by atoms with E-state index in [-0.39, 0.29) is 5.78 Å². The van der Waals surface area contributed by atoms with Crippen molar-refractivity contribution in [1.29, 1.82) is 0 Å². The first kappa shape index (κ1) is 14.5. The van der Waals surface area contributed by atoms with Gasteiger partial charge in [-0.15, -0.1) is 0 Å². The lowest BCUT2D eigenvalue weighted by molar-refractivity contribution is 0.103. The van der Waals surface area contributed by atoms with Gasteiger partial charge in [-0.05, 0) is 52.3 Å². The van der Waals surface area contributed by atoms with Crippen LogP contribution in [0.3, 0.4) is 0 Å². The summed E-state index contributed by atoms with van der Waals surface area (Å²) in [6, 6.07) is 13.2. The first-order valence-corrected chi connectivity index (χ1v) is 7.54. The highest BCUT2D eigenvalue weighted by Crippen LogP contribution is 2.22. The molecule has 0 fully saturated rings. The molecule has 0 amide bonds. The van der Waals surface area contributed by atoms with Gasteiger partial charge >= 0.3 is 0 Å². The maximum absolute atomic E-state index is 12.4. The second kappa shape index (κ2) is 6.06. The van der Waals surface area contributed by atoms with E-state index in [0.717, 1.165) is 3.57 Å². The predicted octanol–water partition coefficient (Wildman–Crippen LogP) is 5.30.